The number of furan rings is 2. The van der Waals surface area contributed by atoms with Gasteiger partial charge in [-0.2, -0.15) is 0 Å². The Morgan fingerprint density at radius 3 is 1.05 bits per heavy atom. The van der Waals surface area contributed by atoms with Crippen molar-refractivity contribution >= 4 is 97.7 Å². The molecule has 12 aromatic carbocycles. The van der Waals surface area contributed by atoms with E-state index in [-0.39, 0.29) is 0 Å². The molecule has 2 nitrogen and oxygen atoms in total. The molecule has 0 aliphatic carbocycles. The van der Waals surface area contributed by atoms with Gasteiger partial charge in [-0.1, -0.05) is 188 Å². The van der Waals surface area contributed by atoms with E-state index in [2.05, 4.69) is 219 Å². The third-order valence-corrected chi connectivity index (χ3v) is 13.9. The Kier molecular flexibility index (Phi) is 7.64. The summed E-state index contributed by atoms with van der Waals surface area (Å²) in [5.74, 6) is 0. The van der Waals surface area contributed by atoms with Crippen LogP contribution in [0, 0.1) is 6.92 Å². The summed E-state index contributed by atoms with van der Waals surface area (Å²) in [5, 5.41) is 16.2. The van der Waals surface area contributed by atoms with Crippen LogP contribution in [0.15, 0.2) is 221 Å². The highest BCUT2D eigenvalue weighted by atomic mass is 16.3. The van der Waals surface area contributed by atoms with Crippen LogP contribution in [0.25, 0.3) is 142 Å². The number of para-hydroxylation sites is 2. The van der Waals surface area contributed by atoms with Crippen molar-refractivity contribution in [2.45, 2.75) is 6.92 Å². The maximum Gasteiger partial charge on any atom is 0.143 e. The van der Waals surface area contributed by atoms with E-state index in [1.165, 1.54) is 82.0 Å². The first-order valence-electron chi connectivity index (χ1n) is 22.4. The third kappa shape index (κ3) is 5.11. The molecule has 0 bridgehead atoms. The average Bonchev–Trinajstić information content (AvgIpc) is 3.95. The lowest BCUT2D eigenvalue weighted by atomic mass is 9.82. The summed E-state index contributed by atoms with van der Waals surface area (Å²) in [7, 11) is 0. The van der Waals surface area contributed by atoms with Gasteiger partial charge >= 0.3 is 0 Å². The van der Waals surface area contributed by atoms with Crippen molar-refractivity contribution in [1.29, 1.82) is 0 Å². The van der Waals surface area contributed by atoms with Crippen LogP contribution < -0.4 is 0 Å². The highest BCUT2D eigenvalue weighted by molar-refractivity contribution is 6.37. The second kappa shape index (κ2) is 13.8. The molecule has 2 heteroatoms. The van der Waals surface area contributed by atoms with E-state index in [1.807, 2.05) is 0 Å². The van der Waals surface area contributed by atoms with Crippen molar-refractivity contribution in [2.24, 2.45) is 0 Å². The predicted molar refractivity (Wildman–Crippen MR) is 275 cm³/mol. The van der Waals surface area contributed by atoms with Gasteiger partial charge in [-0.05, 0) is 107 Å². The molecule has 0 radical (unpaired) electrons. The highest BCUT2D eigenvalue weighted by Crippen LogP contribution is 2.53. The molecule has 0 unspecified atom stereocenters. The minimum absolute atomic E-state index is 0.861. The summed E-state index contributed by atoms with van der Waals surface area (Å²) < 4.78 is 14.3. The SMILES string of the molecule is Cc1ccccc1-c1c2ccccc2c(-c2cc3cc(-c4c5ccccc5c(-c5ccccc5)c5ccccc45)c4oc5ccccc5c4c3c3c2oc2ccccc23)c2ccccc12. The van der Waals surface area contributed by atoms with Crippen molar-refractivity contribution in [3.8, 4) is 44.5 Å². The summed E-state index contributed by atoms with van der Waals surface area (Å²) in [6, 6.07) is 77.1. The van der Waals surface area contributed by atoms with Crippen molar-refractivity contribution < 1.29 is 8.83 Å². The summed E-state index contributed by atoms with van der Waals surface area (Å²) >= 11 is 0. The first-order chi connectivity index (χ1) is 32.2. The fraction of sp³-hybridized carbons (Fsp3) is 0.0159. The molecule has 0 N–H and O–H groups in total. The summed E-state index contributed by atoms with van der Waals surface area (Å²) in [5.41, 5.74) is 14.1. The Labute approximate surface area is 374 Å². The molecular weight excluding hydrogens is 789 g/mol. The van der Waals surface area contributed by atoms with Crippen molar-refractivity contribution in [1.82, 2.24) is 0 Å². The Balaban J connectivity index is 1.20. The van der Waals surface area contributed by atoms with Crippen molar-refractivity contribution in [3.05, 3.63) is 218 Å². The van der Waals surface area contributed by atoms with Gasteiger partial charge < -0.3 is 8.83 Å². The number of benzene rings is 12. The average molecular weight is 827 g/mol. The topological polar surface area (TPSA) is 26.3 Å². The second-order valence-corrected chi connectivity index (χ2v) is 17.4. The van der Waals surface area contributed by atoms with Gasteiger partial charge in [0, 0.05) is 49.2 Å². The van der Waals surface area contributed by atoms with E-state index in [1.54, 1.807) is 0 Å². The lowest BCUT2D eigenvalue weighted by molar-refractivity contribution is 0.670. The second-order valence-electron chi connectivity index (χ2n) is 17.4. The van der Waals surface area contributed by atoms with E-state index >= 15 is 0 Å². The number of fused-ring (bicyclic) bond motifs is 13. The van der Waals surface area contributed by atoms with Gasteiger partial charge in [0.25, 0.3) is 0 Å². The van der Waals surface area contributed by atoms with Crippen LogP contribution in [0.1, 0.15) is 5.56 Å². The minimum Gasteiger partial charge on any atom is -0.455 e. The van der Waals surface area contributed by atoms with E-state index < -0.39 is 0 Å². The van der Waals surface area contributed by atoms with Gasteiger partial charge in [-0.3, -0.25) is 0 Å². The Morgan fingerprint density at radius 1 is 0.277 bits per heavy atom. The molecule has 0 saturated carbocycles. The smallest absolute Gasteiger partial charge is 0.143 e. The lowest BCUT2D eigenvalue weighted by Gasteiger charge is -2.20. The first kappa shape index (κ1) is 36.1. The number of hydrogen-bond acceptors (Lipinski definition) is 2. The third-order valence-electron chi connectivity index (χ3n) is 13.9. The first-order valence-corrected chi connectivity index (χ1v) is 22.4. The monoisotopic (exact) mass is 826 g/mol. The van der Waals surface area contributed by atoms with Crippen molar-refractivity contribution in [3.63, 3.8) is 0 Å². The molecular formula is C63H38O2. The normalized spacial score (nSPS) is 12.1. The number of rotatable bonds is 4. The van der Waals surface area contributed by atoms with Crippen LogP contribution in [-0.2, 0) is 0 Å². The molecule has 0 saturated heterocycles. The molecule has 2 heterocycles. The zero-order chi connectivity index (χ0) is 42.8. The molecule has 14 aromatic rings. The Hall–Kier alpha value is -8.46. The molecule has 0 aliphatic rings. The zero-order valence-electron chi connectivity index (χ0n) is 35.5. The quantitative estimate of drug-likeness (QED) is 0.165. The minimum atomic E-state index is 0.861. The van der Waals surface area contributed by atoms with Crippen LogP contribution >= 0.6 is 0 Å². The van der Waals surface area contributed by atoms with Crippen LogP contribution in [0.2, 0.25) is 0 Å². The van der Waals surface area contributed by atoms with Gasteiger partial charge in [0.15, 0.2) is 0 Å². The maximum absolute atomic E-state index is 7.17. The van der Waals surface area contributed by atoms with Crippen LogP contribution in [-0.4, -0.2) is 0 Å². The summed E-state index contributed by atoms with van der Waals surface area (Å²) in [6.45, 7) is 2.22. The highest BCUT2D eigenvalue weighted by Gasteiger charge is 2.27. The molecule has 2 aromatic heterocycles. The van der Waals surface area contributed by atoms with Gasteiger partial charge in [-0.15, -0.1) is 0 Å². The van der Waals surface area contributed by atoms with E-state index in [4.69, 9.17) is 8.83 Å². The number of hydrogen-bond donors (Lipinski definition) is 0. The van der Waals surface area contributed by atoms with Gasteiger partial charge in [0.2, 0.25) is 0 Å². The molecule has 302 valence electrons. The van der Waals surface area contributed by atoms with Crippen LogP contribution in [0.4, 0.5) is 0 Å². The standard InChI is InChI=1S/C63H38O2/c1-37-19-5-6-22-40(37)57-45-27-11-13-29-47(45)59(48-30-14-12-28-46(48)57)52-36-39-35-51(58-43-25-9-7-23-41(43)55(38-20-3-2-4-21-38)42-24-8-10-26-44(42)58)62-60(49-31-15-17-33-53(49)64-62)56(39)61-50-32-16-18-34-54(50)65-63(52)61/h2-36H,1H3. The lowest BCUT2D eigenvalue weighted by Crippen LogP contribution is -1.94. The van der Waals surface area contributed by atoms with Crippen molar-refractivity contribution in [2.75, 3.05) is 0 Å². The fourth-order valence-electron chi connectivity index (χ4n) is 11.3. The molecule has 0 atom stereocenters. The summed E-state index contributed by atoms with van der Waals surface area (Å²) in [6.07, 6.45) is 0. The molecule has 0 spiro atoms. The van der Waals surface area contributed by atoms with Crippen LogP contribution in [0.5, 0.6) is 0 Å². The van der Waals surface area contributed by atoms with E-state index in [0.717, 1.165) is 65.8 Å². The molecule has 0 aliphatic heterocycles. The van der Waals surface area contributed by atoms with E-state index in [0.29, 0.717) is 0 Å². The van der Waals surface area contributed by atoms with E-state index in [9.17, 15) is 0 Å². The Morgan fingerprint density at radius 2 is 0.615 bits per heavy atom. The van der Waals surface area contributed by atoms with Gasteiger partial charge in [-0.25, -0.2) is 0 Å². The number of aryl methyl sites for hydroxylation is 1. The molecule has 0 fully saturated rings. The van der Waals surface area contributed by atoms with Gasteiger partial charge in [0.1, 0.15) is 22.3 Å². The molecule has 0 amide bonds. The fourth-order valence-corrected chi connectivity index (χ4v) is 11.3. The van der Waals surface area contributed by atoms with Gasteiger partial charge in [0.05, 0.1) is 0 Å². The Bertz CT molecular complexity index is 4180. The molecule has 14 rings (SSSR count). The maximum atomic E-state index is 7.17. The zero-order valence-corrected chi connectivity index (χ0v) is 35.5. The summed E-state index contributed by atoms with van der Waals surface area (Å²) in [4.78, 5) is 0. The molecule has 65 heavy (non-hydrogen) atoms. The predicted octanol–water partition coefficient (Wildman–Crippen LogP) is 18.2. The van der Waals surface area contributed by atoms with Crippen LogP contribution in [0.3, 0.4) is 0 Å². The largest absolute Gasteiger partial charge is 0.455 e.